The molecule has 0 saturated heterocycles. The number of carbonyl (C=O) groups is 1. The van der Waals surface area contributed by atoms with Crippen LogP contribution in [-0.2, 0) is 9.22 Å². The van der Waals surface area contributed by atoms with E-state index in [9.17, 15) is 4.79 Å². The molecule has 1 aliphatic carbocycles. The van der Waals surface area contributed by atoms with Crippen molar-refractivity contribution in [2.75, 3.05) is 0 Å². The molecule has 3 heteroatoms. The first-order valence-electron chi connectivity index (χ1n) is 7.81. The van der Waals surface area contributed by atoms with Gasteiger partial charge in [-0.3, -0.25) is 0 Å². The van der Waals surface area contributed by atoms with Crippen LogP contribution in [-0.4, -0.2) is 20.7 Å². The van der Waals surface area contributed by atoms with Crippen molar-refractivity contribution >= 4 is 14.6 Å². The molecule has 0 N–H and O–H groups in total. The minimum absolute atomic E-state index is 0.344. The Hall–Kier alpha value is -0.413. The van der Waals surface area contributed by atoms with Gasteiger partial charge in [-0.2, -0.15) is 0 Å². The molecule has 0 heterocycles. The van der Waals surface area contributed by atoms with Crippen LogP contribution < -0.4 is 0 Å². The Morgan fingerprint density at radius 3 is 2.32 bits per heavy atom. The summed E-state index contributed by atoms with van der Waals surface area (Å²) in [5, 5.41) is 0. The summed E-state index contributed by atoms with van der Waals surface area (Å²) < 4.78 is 6.58. The molecule has 0 radical (unpaired) electrons. The highest BCUT2D eigenvalue weighted by Crippen LogP contribution is 2.38. The maximum atomic E-state index is 10.7. The van der Waals surface area contributed by atoms with E-state index in [1.807, 2.05) is 0 Å². The van der Waals surface area contributed by atoms with Crippen LogP contribution in [0.1, 0.15) is 47.0 Å². The van der Waals surface area contributed by atoms with Crippen molar-refractivity contribution in [3.05, 3.63) is 12.2 Å². The van der Waals surface area contributed by atoms with Gasteiger partial charge < -0.3 is 9.22 Å². The van der Waals surface area contributed by atoms with Crippen LogP contribution in [0.25, 0.3) is 0 Å². The lowest BCUT2D eigenvalue weighted by atomic mass is 9.75. The van der Waals surface area contributed by atoms with Crippen LogP contribution in [0.2, 0.25) is 18.1 Å². The Labute approximate surface area is 119 Å². The van der Waals surface area contributed by atoms with Gasteiger partial charge in [-0.25, -0.2) is 0 Å². The molecule has 0 bridgehead atoms. The fraction of sp³-hybridized carbons (Fsp3) is 0.812. The van der Waals surface area contributed by atoms with E-state index in [0.29, 0.717) is 24.4 Å². The lowest BCUT2D eigenvalue weighted by Gasteiger charge is -2.40. The van der Waals surface area contributed by atoms with E-state index >= 15 is 0 Å². The zero-order valence-electron chi connectivity index (χ0n) is 13.1. The normalized spacial score (nSPS) is 28.4. The highest BCUT2D eigenvalue weighted by Gasteiger charge is 2.36. The topological polar surface area (TPSA) is 26.3 Å². The van der Waals surface area contributed by atoms with E-state index < -0.39 is 8.32 Å². The first-order valence-corrected chi connectivity index (χ1v) is 10.3. The van der Waals surface area contributed by atoms with Gasteiger partial charge in [-0.15, -0.1) is 0 Å². The zero-order chi connectivity index (χ0) is 14.5. The van der Waals surface area contributed by atoms with E-state index in [-0.39, 0.29) is 0 Å². The molecule has 0 aromatic carbocycles. The molecule has 0 amide bonds. The molecule has 0 unspecified atom stereocenters. The van der Waals surface area contributed by atoms with Gasteiger partial charge in [-0.1, -0.05) is 39.8 Å². The van der Waals surface area contributed by atoms with Crippen molar-refractivity contribution in [1.29, 1.82) is 0 Å². The second-order valence-corrected chi connectivity index (χ2v) is 10.8. The predicted octanol–water partition coefficient (Wildman–Crippen LogP) is 4.57. The molecular weight excluding hydrogens is 252 g/mol. The molecule has 0 aromatic heterocycles. The predicted molar refractivity (Wildman–Crippen MR) is 83.8 cm³/mol. The number of rotatable bonds is 7. The molecule has 1 fully saturated rings. The molecular formula is C16H30O2Si. The molecule has 19 heavy (non-hydrogen) atoms. The first kappa shape index (κ1) is 16.6. The largest absolute Gasteiger partial charge is 0.414 e. The number of carbonyl (C=O) groups excluding carboxylic acids is 1. The Balaban J connectivity index is 2.68. The van der Waals surface area contributed by atoms with Gasteiger partial charge in [-0.05, 0) is 42.8 Å². The van der Waals surface area contributed by atoms with E-state index in [4.69, 9.17) is 4.43 Å². The molecule has 1 rings (SSSR count). The van der Waals surface area contributed by atoms with Crippen molar-refractivity contribution < 1.29 is 9.22 Å². The second kappa shape index (κ2) is 7.39. The van der Waals surface area contributed by atoms with Crippen LogP contribution in [0.4, 0.5) is 0 Å². The van der Waals surface area contributed by atoms with Gasteiger partial charge in [0.15, 0.2) is 8.32 Å². The number of aldehydes is 1. The van der Waals surface area contributed by atoms with E-state index in [1.54, 1.807) is 0 Å². The van der Waals surface area contributed by atoms with Crippen molar-refractivity contribution in [2.24, 2.45) is 11.8 Å². The molecule has 3 atom stereocenters. The summed E-state index contributed by atoms with van der Waals surface area (Å²) in [4.78, 5) is 10.7. The third-order valence-electron chi connectivity index (χ3n) is 5.04. The SMILES string of the molecule is C=C1C[C@H](O[Si](CC)(CC)CC)C[C@@H](C)[C@@H]1CC=O. The van der Waals surface area contributed by atoms with Crippen molar-refractivity contribution in [1.82, 2.24) is 0 Å². The summed E-state index contributed by atoms with van der Waals surface area (Å²) in [5.74, 6) is 0.895. The Morgan fingerprint density at radius 1 is 1.32 bits per heavy atom. The minimum atomic E-state index is -1.52. The molecule has 2 nitrogen and oxygen atoms in total. The van der Waals surface area contributed by atoms with E-state index in [2.05, 4.69) is 34.3 Å². The lowest BCUT2D eigenvalue weighted by molar-refractivity contribution is -0.109. The van der Waals surface area contributed by atoms with Crippen LogP contribution in [0, 0.1) is 11.8 Å². The minimum Gasteiger partial charge on any atom is -0.414 e. The van der Waals surface area contributed by atoms with Gasteiger partial charge in [0.05, 0.1) is 0 Å². The maximum Gasteiger partial charge on any atom is 0.192 e. The van der Waals surface area contributed by atoms with Crippen molar-refractivity contribution in [3.63, 3.8) is 0 Å². The molecule has 110 valence electrons. The number of hydrogen-bond donors (Lipinski definition) is 0. The summed E-state index contributed by atoms with van der Waals surface area (Å²) in [7, 11) is -1.52. The molecule has 0 aromatic rings. The third kappa shape index (κ3) is 4.02. The Morgan fingerprint density at radius 2 is 1.89 bits per heavy atom. The smallest absolute Gasteiger partial charge is 0.192 e. The zero-order valence-corrected chi connectivity index (χ0v) is 14.1. The Bertz CT molecular complexity index is 302. The fourth-order valence-electron chi connectivity index (χ4n) is 3.45. The molecule has 1 aliphatic rings. The Kier molecular flexibility index (Phi) is 6.47. The molecule has 1 saturated carbocycles. The van der Waals surface area contributed by atoms with Crippen molar-refractivity contribution in [2.45, 2.75) is 71.2 Å². The highest BCUT2D eigenvalue weighted by molar-refractivity contribution is 6.73. The van der Waals surface area contributed by atoms with Gasteiger partial charge in [0, 0.05) is 12.5 Å². The average Bonchev–Trinajstić information content (AvgIpc) is 2.40. The average molecular weight is 282 g/mol. The van der Waals surface area contributed by atoms with Gasteiger partial charge >= 0.3 is 0 Å². The quantitative estimate of drug-likeness (QED) is 0.388. The highest BCUT2D eigenvalue weighted by atomic mass is 28.4. The summed E-state index contributed by atoms with van der Waals surface area (Å²) >= 11 is 0. The lowest BCUT2D eigenvalue weighted by Crippen LogP contribution is -2.42. The van der Waals surface area contributed by atoms with Crippen LogP contribution in [0.3, 0.4) is 0 Å². The fourth-order valence-corrected chi connectivity index (χ4v) is 6.34. The van der Waals surface area contributed by atoms with Crippen LogP contribution in [0.5, 0.6) is 0 Å². The van der Waals surface area contributed by atoms with Crippen LogP contribution in [0.15, 0.2) is 12.2 Å². The molecule has 0 spiro atoms. The maximum absolute atomic E-state index is 10.7. The summed E-state index contributed by atoms with van der Waals surface area (Å²) in [6.45, 7) is 13.3. The van der Waals surface area contributed by atoms with E-state index in [1.165, 1.54) is 23.7 Å². The van der Waals surface area contributed by atoms with Crippen molar-refractivity contribution in [3.8, 4) is 0 Å². The van der Waals surface area contributed by atoms with E-state index in [0.717, 1.165) is 19.1 Å². The van der Waals surface area contributed by atoms with Gasteiger partial charge in [0.25, 0.3) is 0 Å². The summed E-state index contributed by atoms with van der Waals surface area (Å²) in [6.07, 6.45) is 4.06. The standard InChI is InChI=1S/C16H30O2Si/c1-6-19(7-2,8-3)18-15-11-13(4)16(9-10-17)14(5)12-15/h10,14-16H,4,6-9,11-12H2,1-3,5H3/t14-,15+,16-/m1/s1. The molecule has 0 aliphatic heterocycles. The third-order valence-corrected chi connectivity index (χ3v) is 9.73. The second-order valence-electron chi connectivity index (χ2n) is 6.07. The van der Waals surface area contributed by atoms with Gasteiger partial charge in [0.2, 0.25) is 0 Å². The summed E-state index contributed by atoms with van der Waals surface area (Å²) in [5.41, 5.74) is 1.22. The van der Waals surface area contributed by atoms with Crippen LogP contribution >= 0.6 is 0 Å². The van der Waals surface area contributed by atoms with Gasteiger partial charge in [0.1, 0.15) is 6.29 Å². The summed E-state index contributed by atoms with van der Waals surface area (Å²) in [6, 6.07) is 3.61. The first-order chi connectivity index (χ1) is 9.01. The number of hydrogen-bond acceptors (Lipinski definition) is 2. The monoisotopic (exact) mass is 282 g/mol.